The molecule has 176 valence electrons. The molecule has 2 heterocycles. The van der Waals surface area contributed by atoms with Gasteiger partial charge >= 0.3 is 0 Å². The number of para-hydroxylation sites is 2. The number of rotatable bonds is 3. The molecule has 1 atom stereocenters. The number of benzene rings is 4. The summed E-state index contributed by atoms with van der Waals surface area (Å²) in [5.41, 5.74) is 10.7. The zero-order valence-electron chi connectivity index (χ0n) is 20.8. The fraction of sp³-hybridized carbons (Fsp3) is 0.212. The second kappa shape index (κ2) is 8.81. The number of hydrogen-bond donors (Lipinski definition) is 0. The van der Waals surface area contributed by atoms with Crippen LogP contribution in [0, 0.1) is 11.3 Å². The van der Waals surface area contributed by atoms with Crippen molar-refractivity contribution in [3.63, 3.8) is 0 Å². The standard InChI is InChI=1S/C33H29N3/c1-33(2)29-14-5-7-16-31(29)36(32-17-8-6-15-30(32)33)26-11-9-10-23(20-26)27-12-3-4-13-28(27)24-18-19-25(21-34)35-22-24/h3-17,20,24H,18-19,22H2,1-2H3. The Morgan fingerprint density at radius 2 is 1.50 bits per heavy atom. The molecule has 0 spiro atoms. The minimum Gasteiger partial charge on any atom is -0.310 e. The van der Waals surface area contributed by atoms with Crippen LogP contribution < -0.4 is 4.90 Å². The van der Waals surface area contributed by atoms with Crippen molar-refractivity contribution in [3.8, 4) is 17.2 Å². The Hall–Kier alpha value is -4.16. The van der Waals surface area contributed by atoms with E-state index >= 15 is 0 Å². The highest BCUT2D eigenvalue weighted by atomic mass is 15.2. The van der Waals surface area contributed by atoms with Crippen LogP contribution in [-0.2, 0) is 5.41 Å². The number of anilines is 3. The molecule has 4 aromatic carbocycles. The van der Waals surface area contributed by atoms with Crippen molar-refractivity contribution in [2.75, 3.05) is 11.4 Å². The van der Waals surface area contributed by atoms with E-state index in [0.717, 1.165) is 18.5 Å². The minimum atomic E-state index is -0.0717. The van der Waals surface area contributed by atoms with Gasteiger partial charge in [0, 0.05) is 30.0 Å². The Morgan fingerprint density at radius 3 is 2.17 bits per heavy atom. The van der Waals surface area contributed by atoms with E-state index in [1.54, 1.807) is 0 Å². The van der Waals surface area contributed by atoms with E-state index in [-0.39, 0.29) is 5.41 Å². The maximum Gasteiger partial charge on any atom is 0.114 e. The first-order valence-corrected chi connectivity index (χ1v) is 12.7. The molecule has 2 aliphatic heterocycles. The Morgan fingerprint density at radius 1 is 0.833 bits per heavy atom. The van der Waals surface area contributed by atoms with Crippen molar-refractivity contribution in [1.29, 1.82) is 5.26 Å². The van der Waals surface area contributed by atoms with Crippen LogP contribution in [0.2, 0.25) is 0 Å². The van der Waals surface area contributed by atoms with Gasteiger partial charge in [-0.3, -0.25) is 4.99 Å². The number of nitrogens with zero attached hydrogens (tertiary/aromatic N) is 3. The molecule has 0 fully saturated rings. The van der Waals surface area contributed by atoms with Crippen molar-refractivity contribution in [1.82, 2.24) is 0 Å². The van der Waals surface area contributed by atoms with Crippen LogP contribution in [-0.4, -0.2) is 12.3 Å². The van der Waals surface area contributed by atoms with Crippen LogP contribution in [0.5, 0.6) is 0 Å². The predicted molar refractivity (Wildman–Crippen MR) is 149 cm³/mol. The number of nitriles is 1. The van der Waals surface area contributed by atoms with E-state index in [0.29, 0.717) is 18.2 Å². The van der Waals surface area contributed by atoms with Crippen LogP contribution in [0.15, 0.2) is 102 Å². The van der Waals surface area contributed by atoms with E-state index < -0.39 is 0 Å². The quantitative estimate of drug-likeness (QED) is 0.304. The molecule has 6 rings (SSSR count). The highest BCUT2D eigenvalue weighted by Gasteiger charge is 2.36. The zero-order valence-corrected chi connectivity index (χ0v) is 20.8. The average Bonchev–Trinajstić information content (AvgIpc) is 2.94. The van der Waals surface area contributed by atoms with E-state index in [4.69, 9.17) is 0 Å². The summed E-state index contributed by atoms with van der Waals surface area (Å²) in [6.07, 6.45) is 1.72. The molecule has 0 bridgehead atoms. The fourth-order valence-corrected chi connectivity index (χ4v) is 5.92. The van der Waals surface area contributed by atoms with Crippen molar-refractivity contribution in [3.05, 3.63) is 114 Å². The third-order valence-electron chi connectivity index (χ3n) is 7.81. The summed E-state index contributed by atoms with van der Waals surface area (Å²) < 4.78 is 0. The molecule has 3 heteroatoms. The summed E-state index contributed by atoms with van der Waals surface area (Å²) in [6.45, 7) is 5.32. The summed E-state index contributed by atoms with van der Waals surface area (Å²) >= 11 is 0. The molecule has 2 aliphatic rings. The summed E-state index contributed by atoms with van der Waals surface area (Å²) in [5, 5.41) is 9.22. The molecule has 0 N–H and O–H groups in total. The highest BCUT2D eigenvalue weighted by Crippen LogP contribution is 2.52. The molecule has 4 aromatic rings. The van der Waals surface area contributed by atoms with Gasteiger partial charge in [-0.2, -0.15) is 5.26 Å². The van der Waals surface area contributed by atoms with Gasteiger partial charge in [0.1, 0.15) is 11.8 Å². The van der Waals surface area contributed by atoms with Crippen LogP contribution in [0.3, 0.4) is 0 Å². The van der Waals surface area contributed by atoms with E-state index in [2.05, 4.69) is 127 Å². The van der Waals surface area contributed by atoms with Crippen LogP contribution in [0.1, 0.15) is 49.3 Å². The summed E-state index contributed by atoms with van der Waals surface area (Å²) in [4.78, 5) is 6.95. The topological polar surface area (TPSA) is 39.4 Å². The van der Waals surface area contributed by atoms with Crippen LogP contribution in [0.4, 0.5) is 17.1 Å². The molecule has 0 radical (unpaired) electrons. The van der Waals surface area contributed by atoms with Gasteiger partial charge in [0.25, 0.3) is 0 Å². The Kier molecular flexibility index (Phi) is 5.46. The lowest BCUT2D eigenvalue weighted by atomic mass is 9.73. The third-order valence-corrected chi connectivity index (χ3v) is 7.81. The van der Waals surface area contributed by atoms with E-state index in [1.807, 2.05) is 0 Å². The Labute approximate surface area is 213 Å². The summed E-state index contributed by atoms with van der Waals surface area (Å²) in [5.74, 6) is 0.333. The Bertz CT molecular complexity index is 1470. The number of fused-ring (bicyclic) bond motifs is 2. The maximum absolute atomic E-state index is 9.22. The first-order chi connectivity index (χ1) is 17.6. The zero-order chi connectivity index (χ0) is 24.7. The van der Waals surface area contributed by atoms with Gasteiger partial charge in [0.2, 0.25) is 0 Å². The molecule has 3 nitrogen and oxygen atoms in total. The van der Waals surface area contributed by atoms with Crippen LogP contribution >= 0.6 is 0 Å². The largest absolute Gasteiger partial charge is 0.310 e. The molecular weight excluding hydrogens is 438 g/mol. The van der Waals surface area contributed by atoms with Gasteiger partial charge in [-0.1, -0.05) is 86.6 Å². The minimum absolute atomic E-state index is 0.0717. The first kappa shape index (κ1) is 22.3. The molecule has 36 heavy (non-hydrogen) atoms. The molecule has 1 unspecified atom stereocenters. The van der Waals surface area contributed by atoms with Gasteiger partial charge in [0.05, 0.1) is 11.4 Å². The normalized spacial score (nSPS) is 18.0. The van der Waals surface area contributed by atoms with E-state index in [1.165, 1.54) is 39.2 Å². The monoisotopic (exact) mass is 467 g/mol. The number of hydrogen-bond acceptors (Lipinski definition) is 3. The van der Waals surface area contributed by atoms with Crippen molar-refractivity contribution in [2.45, 2.75) is 38.0 Å². The van der Waals surface area contributed by atoms with Gasteiger partial charge in [-0.15, -0.1) is 0 Å². The summed E-state index contributed by atoms with van der Waals surface area (Å²) in [7, 11) is 0. The molecule has 0 saturated heterocycles. The molecule has 0 aromatic heterocycles. The van der Waals surface area contributed by atoms with Crippen molar-refractivity contribution >= 4 is 22.8 Å². The fourth-order valence-electron chi connectivity index (χ4n) is 5.92. The second-order valence-corrected chi connectivity index (χ2v) is 10.3. The van der Waals surface area contributed by atoms with Crippen LogP contribution in [0.25, 0.3) is 11.1 Å². The molecular formula is C33H29N3. The third kappa shape index (κ3) is 3.62. The second-order valence-electron chi connectivity index (χ2n) is 10.3. The predicted octanol–water partition coefficient (Wildman–Crippen LogP) is 8.30. The maximum atomic E-state index is 9.22. The number of aliphatic imine (C=N–C) groups is 1. The Balaban J connectivity index is 1.47. The van der Waals surface area contributed by atoms with E-state index in [9.17, 15) is 5.26 Å². The smallest absolute Gasteiger partial charge is 0.114 e. The molecule has 0 amide bonds. The van der Waals surface area contributed by atoms with Gasteiger partial charge in [0.15, 0.2) is 0 Å². The summed E-state index contributed by atoms with van der Waals surface area (Å²) in [6, 6.07) is 37.4. The lowest BCUT2D eigenvalue weighted by Crippen LogP contribution is -2.30. The average molecular weight is 468 g/mol. The van der Waals surface area contributed by atoms with Gasteiger partial charge in [-0.05, 0) is 58.5 Å². The molecule has 0 saturated carbocycles. The van der Waals surface area contributed by atoms with Crippen molar-refractivity contribution in [2.24, 2.45) is 4.99 Å². The lowest BCUT2D eigenvalue weighted by molar-refractivity contribution is 0.630. The SMILES string of the molecule is CC1(C)c2ccccc2N(c2cccc(-c3ccccc3C3CCC(C#N)=NC3)c2)c2ccccc21. The van der Waals surface area contributed by atoms with Gasteiger partial charge in [-0.25, -0.2) is 0 Å². The lowest BCUT2D eigenvalue weighted by Gasteiger charge is -2.42. The van der Waals surface area contributed by atoms with Gasteiger partial charge < -0.3 is 4.90 Å². The molecule has 0 aliphatic carbocycles. The first-order valence-electron chi connectivity index (χ1n) is 12.7. The van der Waals surface area contributed by atoms with Crippen molar-refractivity contribution < 1.29 is 0 Å². The highest BCUT2D eigenvalue weighted by molar-refractivity contribution is 5.99.